The van der Waals surface area contributed by atoms with E-state index in [1.165, 1.54) is 6.07 Å². The van der Waals surface area contributed by atoms with E-state index in [4.69, 9.17) is 0 Å². The van der Waals surface area contributed by atoms with E-state index in [0.717, 1.165) is 24.1 Å². The molecule has 1 N–H and O–H groups in total. The SMILES string of the molecule is CCCc1cc(F)ccc1NC. The van der Waals surface area contributed by atoms with Gasteiger partial charge >= 0.3 is 0 Å². The predicted octanol–water partition coefficient (Wildman–Crippen LogP) is 2.82. The molecule has 0 unspecified atom stereocenters. The minimum Gasteiger partial charge on any atom is -0.388 e. The highest BCUT2D eigenvalue weighted by atomic mass is 19.1. The molecule has 0 atom stereocenters. The lowest BCUT2D eigenvalue weighted by atomic mass is 10.1. The monoisotopic (exact) mass is 167 g/mol. The van der Waals surface area contributed by atoms with Crippen LogP contribution in [-0.2, 0) is 6.42 Å². The van der Waals surface area contributed by atoms with Crippen molar-refractivity contribution in [1.82, 2.24) is 0 Å². The Balaban J connectivity index is 2.95. The average Bonchev–Trinajstić information content (AvgIpc) is 2.05. The molecule has 12 heavy (non-hydrogen) atoms. The summed E-state index contributed by atoms with van der Waals surface area (Å²) in [7, 11) is 1.85. The summed E-state index contributed by atoms with van der Waals surface area (Å²) in [5.41, 5.74) is 2.08. The van der Waals surface area contributed by atoms with Crippen LogP contribution < -0.4 is 5.32 Å². The third kappa shape index (κ3) is 1.97. The van der Waals surface area contributed by atoms with Gasteiger partial charge in [0.15, 0.2) is 0 Å². The van der Waals surface area contributed by atoms with Gasteiger partial charge in [0.1, 0.15) is 5.82 Å². The lowest BCUT2D eigenvalue weighted by molar-refractivity contribution is 0.625. The molecule has 0 saturated heterocycles. The molecule has 1 rings (SSSR count). The van der Waals surface area contributed by atoms with Crippen LogP contribution in [0.25, 0.3) is 0 Å². The molecule has 1 nitrogen and oxygen atoms in total. The summed E-state index contributed by atoms with van der Waals surface area (Å²) in [6.07, 6.45) is 1.96. The molecular weight excluding hydrogens is 153 g/mol. The van der Waals surface area contributed by atoms with Crippen LogP contribution in [0.1, 0.15) is 18.9 Å². The number of hydrogen-bond acceptors (Lipinski definition) is 1. The Labute approximate surface area is 72.6 Å². The number of anilines is 1. The Hall–Kier alpha value is -1.05. The zero-order chi connectivity index (χ0) is 8.97. The first-order valence-corrected chi connectivity index (χ1v) is 4.24. The molecule has 0 amide bonds. The van der Waals surface area contributed by atoms with Gasteiger partial charge in [0.2, 0.25) is 0 Å². The number of rotatable bonds is 3. The molecule has 0 fully saturated rings. The Bertz CT molecular complexity index is 258. The Morgan fingerprint density at radius 1 is 1.42 bits per heavy atom. The van der Waals surface area contributed by atoms with Crippen LogP contribution in [0.5, 0.6) is 0 Å². The van der Waals surface area contributed by atoms with Crippen LogP contribution in [0.4, 0.5) is 10.1 Å². The normalized spacial score (nSPS) is 9.92. The van der Waals surface area contributed by atoms with E-state index >= 15 is 0 Å². The quantitative estimate of drug-likeness (QED) is 0.730. The third-order valence-electron chi connectivity index (χ3n) is 1.86. The second-order valence-electron chi connectivity index (χ2n) is 2.80. The van der Waals surface area contributed by atoms with Crippen LogP contribution in [0.3, 0.4) is 0 Å². The molecule has 0 aliphatic rings. The molecule has 1 aromatic carbocycles. The first kappa shape index (κ1) is 9.04. The number of hydrogen-bond donors (Lipinski definition) is 1. The van der Waals surface area contributed by atoms with Crippen LogP contribution >= 0.6 is 0 Å². The summed E-state index contributed by atoms with van der Waals surface area (Å²) in [6, 6.07) is 4.85. The smallest absolute Gasteiger partial charge is 0.123 e. The van der Waals surface area contributed by atoms with E-state index in [0.29, 0.717) is 0 Å². The van der Waals surface area contributed by atoms with Crippen molar-refractivity contribution in [2.45, 2.75) is 19.8 Å². The molecule has 66 valence electrons. The molecule has 1 aromatic rings. The molecule has 0 aliphatic heterocycles. The maximum Gasteiger partial charge on any atom is 0.123 e. The Morgan fingerprint density at radius 2 is 2.17 bits per heavy atom. The predicted molar refractivity (Wildman–Crippen MR) is 49.9 cm³/mol. The van der Waals surface area contributed by atoms with Crippen LogP contribution in [0.2, 0.25) is 0 Å². The van der Waals surface area contributed by atoms with E-state index in [2.05, 4.69) is 12.2 Å². The number of benzene rings is 1. The maximum absolute atomic E-state index is 12.8. The molecule has 0 spiro atoms. The van der Waals surface area contributed by atoms with Gasteiger partial charge < -0.3 is 5.32 Å². The third-order valence-corrected chi connectivity index (χ3v) is 1.86. The zero-order valence-corrected chi connectivity index (χ0v) is 7.52. The van der Waals surface area contributed by atoms with Crippen LogP contribution in [0, 0.1) is 5.82 Å². The van der Waals surface area contributed by atoms with Crippen LogP contribution in [-0.4, -0.2) is 7.05 Å². The molecule has 0 aromatic heterocycles. The Morgan fingerprint density at radius 3 is 2.75 bits per heavy atom. The number of aryl methyl sites for hydroxylation is 1. The van der Waals surface area contributed by atoms with Crippen molar-refractivity contribution in [1.29, 1.82) is 0 Å². The standard InChI is InChI=1S/C10H14FN/c1-3-4-8-7-9(11)5-6-10(8)12-2/h5-7,12H,3-4H2,1-2H3. The zero-order valence-electron chi connectivity index (χ0n) is 7.52. The van der Waals surface area contributed by atoms with Crippen molar-refractivity contribution in [3.63, 3.8) is 0 Å². The number of halogens is 1. The summed E-state index contributed by atoms with van der Waals surface area (Å²) in [6.45, 7) is 2.09. The fraction of sp³-hybridized carbons (Fsp3) is 0.400. The minimum atomic E-state index is -0.155. The van der Waals surface area contributed by atoms with Crippen molar-refractivity contribution >= 4 is 5.69 Å². The highest BCUT2D eigenvalue weighted by molar-refractivity contribution is 5.50. The van der Waals surface area contributed by atoms with Crippen molar-refractivity contribution in [3.8, 4) is 0 Å². The van der Waals surface area contributed by atoms with Gasteiger partial charge in [-0.1, -0.05) is 13.3 Å². The minimum absolute atomic E-state index is 0.155. The lowest BCUT2D eigenvalue weighted by Crippen LogP contribution is -1.95. The van der Waals surface area contributed by atoms with Crippen LogP contribution in [0.15, 0.2) is 18.2 Å². The van der Waals surface area contributed by atoms with Crippen molar-refractivity contribution in [2.75, 3.05) is 12.4 Å². The summed E-state index contributed by atoms with van der Waals surface area (Å²) in [5, 5.41) is 3.04. The second-order valence-corrected chi connectivity index (χ2v) is 2.80. The summed E-state index contributed by atoms with van der Waals surface area (Å²) >= 11 is 0. The largest absolute Gasteiger partial charge is 0.388 e. The van der Waals surface area contributed by atoms with E-state index < -0.39 is 0 Å². The summed E-state index contributed by atoms with van der Waals surface area (Å²) in [4.78, 5) is 0. The van der Waals surface area contributed by atoms with Crippen molar-refractivity contribution in [2.24, 2.45) is 0 Å². The Kier molecular flexibility index (Phi) is 3.09. The van der Waals surface area contributed by atoms with Gasteiger partial charge in [0, 0.05) is 12.7 Å². The number of nitrogens with one attached hydrogen (secondary N) is 1. The first-order chi connectivity index (χ1) is 5.77. The van der Waals surface area contributed by atoms with Gasteiger partial charge in [-0.15, -0.1) is 0 Å². The first-order valence-electron chi connectivity index (χ1n) is 4.24. The summed E-state index contributed by atoms with van der Waals surface area (Å²) in [5.74, 6) is -0.155. The fourth-order valence-electron chi connectivity index (χ4n) is 1.28. The highest BCUT2D eigenvalue weighted by Crippen LogP contribution is 2.17. The van der Waals surface area contributed by atoms with Crippen molar-refractivity contribution in [3.05, 3.63) is 29.6 Å². The van der Waals surface area contributed by atoms with Gasteiger partial charge in [-0.05, 0) is 30.2 Å². The summed E-state index contributed by atoms with van der Waals surface area (Å²) < 4.78 is 12.8. The topological polar surface area (TPSA) is 12.0 Å². The molecule has 0 radical (unpaired) electrons. The van der Waals surface area contributed by atoms with Gasteiger partial charge in [0.25, 0.3) is 0 Å². The second kappa shape index (κ2) is 4.10. The molecular formula is C10H14FN. The average molecular weight is 167 g/mol. The molecule has 0 aliphatic carbocycles. The maximum atomic E-state index is 12.8. The molecule has 2 heteroatoms. The lowest BCUT2D eigenvalue weighted by Gasteiger charge is -2.07. The van der Waals surface area contributed by atoms with E-state index in [1.807, 2.05) is 7.05 Å². The molecule has 0 saturated carbocycles. The van der Waals surface area contributed by atoms with Gasteiger partial charge in [-0.3, -0.25) is 0 Å². The van der Waals surface area contributed by atoms with E-state index in [9.17, 15) is 4.39 Å². The van der Waals surface area contributed by atoms with E-state index in [-0.39, 0.29) is 5.82 Å². The van der Waals surface area contributed by atoms with E-state index in [1.54, 1.807) is 12.1 Å². The van der Waals surface area contributed by atoms with Gasteiger partial charge in [-0.2, -0.15) is 0 Å². The van der Waals surface area contributed by atoms with Crippen molar-refractivity contribution < 1.29 is 4.39 Å². The fourth-order valence-corrected chi connectivity index (χ4v) is 1.28. The molecule has 0 bridgehead atoms. The van der Waals surface area contributed by atoms with Gasteiger partial charge in [-0.25, -0.2) is 4.39 Å². The highest BCUT2D eigenvalue weighted by Gasteiger charge is 2.00. The molecule has 0 heterocycles. The van der Waals surface area contributed by atoms with Gasteiger partial charge in [0.05, 0.1) is 0 Å².